The highest BCUT2D eigenvalue weighted by Crippen LogP contribution is 2.36. The van der Waals surface area contributed by atoms with Gasteiger partial charge in [-0.25, -0.2) is 4.79 Å². The third kappa shape index (κ3) is 3.18. The molecule has 1 atom stereocenters. The van der Waals surface area contributed by atoms with E-state index in [9.17, 15) is 14.9 Å². The van der Waals surface area contributed by atoms with Crippen molar-refractivity contribution in [3.8, 4) is 0 Å². The average molecular weight is 357 g/mol. The smallest absolute Gasteiger partial charge is 0.328 e. The summed E-state index contributed by atoms with van der Waals surface area (Å²) in [5.74, 6) is -0.238. The Labute approximate surface area is 131 Å². The number of hydrogen-bond donors (Lipinski definition) is 0. The van der Waals surface area contributed by atoms with Crippen molar-refractivity contribution in [2.75, 3.05) is 18.1 Å². The number of benzene rings is 1. The molecule has 114 valence electrons. The number of ether oxygens (including phenoxy) is 1. The highest BCUT2D eigenvalue weighted by molar-refractivity contribution is 9.10. The van der Waals surface area contributed by atoms with Gasteiger partial charge in [-0.3, -0.25) is 10.1 Å². The minimum absolute atomic E-state index is 0.0671. The van der Waals surface area contributed by atoms with E-state index in [1.165, 1.54) is 6.07 Å². The molecule has 1 fully saturated rings. The SMILES string of the molecule is CCOC(=O)C1CCCN1c1cc(C)c([N+](=O)[O-])cc1Br. The Morgan fingerprint density at radius 2 is 2.29 bits per heavy atom. The first-order valence-electron chi connectivity index (χ1n) is 6.83. The molecule has 0 amide bonds. The zero-order valence-electron chi connectivity index (χ0n) is 12.0. The fourth-order valence-corrected chi connectivity index (χ4v) is 3.17. The molecule has 0 bridgehead atoms. The van der Waals surface area contributed by atoms with Gasteiger partial charge in [-0.15, -0.1) is 0 Å². The Hall–Kier alpha value is -1.63. The largest absolute Gasteiger partial charge is 0.464 e. The van der Waals surface area contributed by atoms with Gasteiger partial charge in [0.15, 0.2) is 0 Å². The number of esters is 1. The Kier molecular flexibility index (Phi) is 4.82. The van der Waals surface area contributed by atoms with Crippen LogP contribution in [0.3, 0.4) is 0 Å². The van der Waals surface area contributed by atoms with Crippen molar-refractivity contribution in [2.24, 2.45) is 0 Å². The molecule has 1 unspecified atom stereocenters. The van der Waals surface area contributed by atoms with Gasteiger partial charge in [0, 0.05) is 22.6 Å². The number of nitro groups is 1. The lowest BCUT2D eigenvalue weighted by atomic mass is 10.1. The zero-order valence-corrected chi connectivity index (χ0v) is 13.6. The maximum absolute atomic E-state index is 12.0. The minimum Gasteiger partial charge on any atom is -0.464 e. The number of halogens is 1. The molecule has 21 heavy (non-hydrogen) atoms. The number of anilines is 1. The van der Waals surface area contributed by atoms with Gasteiger partial charge >= 0.3 is 5.97 Å². The van der Waals surface area contributed by atoms with Crippen LogP contribution in [0.5, 0.6) is 0 Å². The lowest BCUT2D eigenvalue weighted by Crippen LogP contribution is -2.37. The molecule has 0 N–H and O–H groups in total. The van der Waals surface area contributed by atoms with E-state index < -0.39 is 4.92 Å². The van der Waals surface area contributed by atoms with Crippen LogP contribution in [-0.4, -0.2) is 30.1 Å². The van der Waals surface area contributed by atoms with Gasteiger partial charge in [0.25, 0.3) is 5.69 Å². The van der Waals surface area contributed by atoms with Gasteiger partial charge in [-0.1, -0.05) is 0 Å². The second-order valence-electron chi connectivity index (χ2n) is 4.95. The molecule has 1 aromatic rings. The Morgan fingerprint density at radius 3 is 2.90 bits per heavy atom. The van der Waals surface area contributed by atoms with Crippen molar-refractivity contribution in [2.45, 2.75) is 32.7 Å². The molecule has 0 spiro atoms. The standard InChI is InChI=1S/C14H17BrN2O4/c1-3-21-14(18)11-5-4-6-16(11)13-7-9(2)12(17(19)20)8-10(13)15/h7-8,11H,3-6H2,1-2H3. The third-order valence-corrected chi connectivity index (χ3v) is 4.22. The molecule has 1 aliphatic heterocycles. The summed E-state index contributed by atoms with van der Waals surface area (Å²) in [5, 5.41) is 11.0. The van der Waals surface area contributed by atoms with E-state index in [0.717, 1.165) is 25.1 Å². The zero-order chi connectivity index (χ0) is 15.6. The summed E-state index contributed by atoms with van der Waals surface area (Å²) in [7, 11) is 0. The van der Waals surface area contributed by atoms with E-state index in [1.54, 1.807) is 19.9 Å². The van der Waals surface area contributed by atoms with Gasteiger partial charge in [-0.2, -0.15) is 0 Å². The van der Waals surface area contributed by atoms with Crippen LogP contribution in [0, 0.1) is 17.0 Å². The molecule has 1 heterocycles. The molecule has 6 nitrogen and oxygen atoms in total. The summed E-state index contributed by atoms with van der Waals surface area (Å²) in [6.07, 6.45) is 1.63. The molecule has 0 radical (unpaired) electrons. The third-order valence-electron chi connectivity index (χ3n) is 3.58. The Morgan fingerprint density at radius 1 is 1.57 bits per heavy atom. The molecule has 1 aliphatic rings. The summed E-state index contributed by atoms with van der Waals surface area (Å²) >= 11 is 3.38. The molecule has 2 rings (SSSR count). The van der Waals surface area contributed by atoms with Crippen LogP contribution < -0.4 is 4.90 Å². The number of aryl methyl sites for hydroxylation is 1. The first-order valence-corrected chi connectivity index (χ1v) is 7.62. The summed E-state index contributed by atoms with van der Waals surface area (Å²) in [6, 6.07) is 2.92. The first-order chi connectivity index (χ1) is 9.95. The predicted molar refractivity (Wildman–Crippen MR) is 82.5 cm³/mol. The van der Waals surface area contributed by atoms with Gasteiger partial charge in [0.2, 0.25) is 0 Å². The normalized spacial score (nSPS) is 17.9. The van der Waals surface area contributed by atoms with Crippen LogP contribution in [0.2, 0.25) is 0 Å². The minimum atomic E-state index is -0.406. The van der Waals surface area contributed by atoms with E-state index in [-0.39, 0.29) is 17.7 Å². The lowest BCUT2D eigenvalue weighted by molar-refractivity contribution is -0.385. The summed E-state index contributed by atoms with van der Waals surface area (Å²) in [4.78, 5) is 24.5. The molecule has 0 saturated carbocycles. The topological polar surface area (TPSA) is 72.7 Å². The van der Waals surface area contributed by atoms with Crippen LogP contribution in [0.4, 0.5) is 11.4 Å². The second-order valence-corrected chi connectivity index (χ2v) is 5.81. The maximum atomic E-state index is 12.0. The highest BCUT2D eigenvalue weighted by Gasteiger charge is 2.33. The summed E-state index contributed by atoms with van der Waals surface area (Å²) in [6.45, 7) is 4.57. The summed E-state index contributed by atoms with van der Waals surface area (Å²) < 4.78 is 5.73. The maximum Gasteiger partial charge on any atom is 0.328 e. The number of carbonyl (C=O) groups excluding carboxylic acids is 1. The lowest BCUT2D eigenvalue weighted by Gasteiger charge is -2.26. The van der Waals surface area contributed by atoms with Crippen molar-refractivity contribution in [1.29, 1.82) is 0 Å². The number of carbonyl (C=O) groups is 1. The highest BCUT2D eigenvalue weighted by atomic mass is 79.9. The number of hydrogen-bond acceptors (Lipinski definition) is 5. The molecular weight excluding hydrogens is 340 g/mol. The van der Waals surface area contributed by atoms with Crippen LogP contribution in [0.25, 0.3) is 0 Å². The van der Waals surface area contributed by atoms with Crippen molar-refractivity contribution < 1.29 is 14.5 Å². The number of nitrogens with zero attached hydrogens (tertiary/aromatic N) is 2. The van der Waals surface area contributed by atoms with Crippen LogP contribution >= 0.6 is 15.9 Å². The average Bonchev–Trinajstić information content (AvgIpc) is 2.90. The van der Waals surface area contributed by atoms with Crippen molar-refractivity contribution in [3.05, 3.63) is 32.3 Å². The molecular formula is C14H17BrN2O4. The Bertz CT molecular complexity index is 576. The van der Waals surface area contributed by atoms with Crippen LogP contribution in [0.15, 0.2) is 16.6 Å². The monoisotopic (exact) mass is 356 g/mol. The molecule has 1 saturated heterocycles. The molecule has 0 aromatic heterocycles. The fraction of sp³-hybridized carbons (Fsp3) is 0.500. The molecule has 0 aliphatic carbocycles. The quantitative estimate of drug-likeness (QED) is 0.470. The van der Waals surface area contributed by atoms with Crippen molar-refractivity contribution >= 4 is 33.3 Å². The fourth-order valence-electron chi connectivity index (χ4n) is 2.61. The number of nitro benzene ring substituents is 1. The van der Waals surface area contributed by atoms with Gasteiger partial charge in [0.05, 0.1) is 17.2 Å². The van der Waals surface area contributed by atoms with Gasteiger partial charge in [-0.05, 0) is 48.7 Å². The van der Waals surface area contributed by atoms with E-state index in [4.69, 9.17) is 4.74 Å². The first kappa shape index (κ1) is 15.8. The van der Waals surface area contributed by atoms with E-state index in [2.05, 4.69) is 15.9 Å². The second kappa shape index (κ2) is 6.43. The van der Waals surface area contributed by atoms with Gasteiger partial charge in [0.1, 0.15) is 6.04 Å². The molecule has 7 heteroatoms. The van der Waals surface area contributed by atoms with E-state index >= 15 is 0 Å². The van der Waals surface area contributed by atoms with Crippen LogP contribution in [0.1, 0.15) is 25.3 Å². The molecule has 1 aromatic carbocycles. The van der Waals surface area contributed by atoms with Crippen molar-refractivity contribution in [1.82, 2.24) is 0 Å². The van der Waals surface area contributed by atoms with E-state index in [1.807, 2.05) is 4.90 Å². The Balaban J connectivity index is 2.35. The van der Waals surface area contributed by atoms with Crippen molar-refractivity contribution in [3.63, 3.8) is 0 Å². The summed E-state index contributed by atoms with van der Waals surface area (Å²) in [5.41, 5.74) is 1.44. The van der Waals surface area contributed by atoms with Crippen LogP contribution in [-0.2, 0) is 9.53 Å². The number of rotatable bonds is 4. The van der Waals surface area contributed by atoms with Gasteiger partial charge < -0.3 is 9.64 Å². The van der Waals surface area contributed by atoms with E-state index in [0.29, 0.717) is 16.6 Å². The predicted octanol–water partition coefficient (Wildman–Crippen LogP) is 3.20.